The van der Waals surface area contributed by atoms with Crippen LogP contribution in [0.15, 0.2) is 0 Å². The van der Waals surface area contributed by atoms with Gasteiger partial charge in [-0.3, -0.25) is 0 Å². The molecule has 0 aliphatic carbocycles. The Hall–Kier alpha value is 0.274. The van der Waals surface area contributed by atoms with Gasteiger partial charge in [0.25, 0.3) is 0 Å². The van der Waals surface area contributed by atoms with Gasteiger partial charge >= 0.3 is 8.80 Å². The summed E-state index contributed by atoms with van der Waals surface area (Å²) in [4.78, 5) is 0. The number of rotatable bonds is 10. The summed E-state index contributed by atoms with van der Waals surface area (Å²) in [5.41, 5.74) is 0. The zero-order valence-electron chi connectivity index (χ0n) is 12.2. The van der Waals surface area contributed by atoms with E-state index in [1.807, 2.05) is 0 Å². The van der Waals surface area contributed by atoms with Gasteiger partial charge in [-0.2, -0.15) is 0 Å². The van der Waals surface area contributed by atoms with Crippen molar-refractivity contribution in [3.63, 3.8) is 0 Å². The fraction of sp³-hybridized carbons (Fsp3) is 1.00. The Morgan fingerprint density at radius 2 is 1.18 bits per heavy atom. The first-order valence-corrected chi connectivity index (χ1v) is 10.8. The van der Waals surface area contributed by atoms with Crippen molar-refractivity contribution < 1.29 is 17.7 Å². The van der Waals surface area contributed by atoms with Crippen molar-refractivity contribution in [3.05, 3.63) is 0 Å². The van der Waals surface area contributed by atoms with Crippen molar-refractivity contribution in [2.75, 3.05) is 27.9 Å². The van der Waals surface area contributed by atoms with Gasteiger partial charge in [0.15, 0.2) is 8.32 Å². The van der Waals surface area contributed by atoms with Crippen LogP contribution >= 0.6 is 0 Å². The van der Waals surface area contributed by atoms with E-state index in [-0.39, 0.29) is 0 Å². The SMILES string of the molecule is CC[Si](CC)(CC)OCC[Si](OC)(OC)OC. The molecule has 0 aromatic carbocycles. The molecule has 0 radical (unpaired) electrons. The molecule has 0 saturated carbocycles. The molecule has 0 spiro atoms. The van der Waals surface area contributed by atoms with E-state index in [1.54, 1.807) is 21.3 Å². The van der Waals surface area contributed by atoms with E-state index in [0.29, 0.717) is 6.61 Å². The van der Waals surface area contributed by atoms with Gasteiger partial charge in [-0.05, 0) is 18.1 Å². The standard InChI is InChI=1S/C11H28O4Si2/c1-7-16(8-2,9-3)15-10-11-17(12-4,13-5)14-6/h7-11H2,1-6H3. The van der Waals surface area contributed by atoms with Crippen molar-refractivity contribution in [2.45, 2.75) is 44.9 Å². The summed E-state index contributed by atoms with van der Waals surface area (Å²) in [6, 6.07) is 4.23. The molecule has 4 nitrogen and oxygen atoms in total. The van der Waals surface area contributed by atoms with Crippen LogP contribution in [-0.4, -0.2) is 45.1 Å². The van der Waals surface area contributed by atoms with Gasteiger partial charge in [0.1, 0.15) is 0 Å². The van der Waals surface area contributed by atoms with Crippen LogP contribution in [0, 0.1) is 0 Å². The Kier molecular flexibility index (Phi) is 8.52. The molecule has 0 bridgehead atoms. The first kappa shape index (κ1) is 17.3. The van der Waals surface area contributed by atoms with Gasteiger partial charge in [0.05, 0.1) is 0 Å². The van der Waals surface area contributed by atoms with Crippen LogP contribution in [0.3, 0.4) is 0 Å². The lowest BCUT2D eigenvalue weighted by Gasteiger charge is -2.30. The Labute approximate surface area is 108 Å². The second-order valence-corrected chi connectivity index (χ2v) is 12.0. The van der Waals surface area contributed by atoms with Crippen LogP contribution in [0.2, 0.25) is 24.2 Å². The second-order valence-electron chi connectivity index (χ2n) is 4.14. The molecule has 0 fully saturated rings. The summed E-state index contributed by atoms with van der Waals surface area (Å²) >= 11 is 0. The average molecular weight is 281 g/mol. The molecule has 0 aliphatic rings. The van der Waals surface area contributed by atoms with Crippen LogP contribution in [0.4, 0.5) is 0 Å². The van der Waals surface area contributed by atoms with Crippen molar-refractivity contribution in [3.8, 4) is 0 Å². The predicted octanol–water partition coefficient (Wildman–Crippen LogP) is 2.89. The Morgan fingerprint density at radius 1 is 0.765 bits per heavy atom. The van der Waals surface area contributed by atoms with Crippen LogP contribution in [-0.2, 0) is 17.7 Å². The van der Waals surface area contributed by atoms with Crippen LogP contribution in [0.25, 0.3) is 0 Å². The maximum atomic E-state index is 6.17. The van der Waals surface area contributed by atoms with Gasteiger partial charge < -0.3 is 17.7 Å². The topological polar surface area (TPSA) is 36.9 Å². The molecular formula is C11H28O4Si2. The van der Waals surface area contributed by atoms with E-state index >= 15 is 0 Å². The smallest absolute Gasteiger partial charge is 0.417 e. The molecule has 0 N–H and O–H groups in total. The number of hydrogen-bond acceptors (Lipinski definition) is 4. The first-order chi connectivity index (χ1) is 8.07. The second kappa shape index (κ2) is 8.39. The zero-order valence-corrected chi connectivity index (χ0v) is 14.2. The lowest BCUT2D eigenvalue weighted by atomic mass is 10.9. The van der Waals surface area contributed by atoms with E-state index in [9.17, 15) is 0 Å². The van der Waals surface area contributed by atoms with Gasteiger partial charge in [-0.1, -0.05) is 20.8 Å². The van der Waals surface area contributed by atoms with Crippen LogP contribution in [0.1, 0.15) is 20.8 Å². The molecule has 6 heteroatoms. The van der Waals surface area contributed by atoms with Crippen molar-refractivity contribution >= 4 is 17.1 Å². The molecule has 0 amide bonds. The summed E-state index contributed by atoms with van der Waals surface area (Å²) in [7, 11) is 0.969. The highest BCUT2D eigenvalue weighted by molar-refractivity contribution is 6.73. The monoisotopic (exact) mass is 280 g/mol. The van der Waals surface area contributed by atoms with Gasteiger partial charge in [0, 0.05) is 34.0 Å². The highest BCUT2D eigenvalue weighted by atomic mass is 28.4. The summed E-state index contributed by atoms with van der Waals surface area (Å²) in [5.74, 6) is 0. The molecule has 104 valence electrons. The normalized spacial score (nSPS) is 13.1. The van der Waals surface area contributed by atoms with E-state index in [0.717, 1.165) is 6.04 Å². The van der Waals surface area contributed by atoms with Crippen molar-refractivity contribution in [1.29, 1.82) is 0 Å². The van der Waals surface area contributed by atoms with Gasteiger partial charge in [-0.15, -0.1) is 0 Å². The molecule has 0 rings (SSSR count). The largest absolute Gasteiger partial charge is 0.502 e. The minimum absolute atomic E-state index is 0.684. The lowest BCUT2D eigenvalue weighted by Crippen LogP contribution is -2.45. The van der Waals surface area contributed by atoms with E-state index in [2.05, 4.69) is 20.8 Å². The molecule has 0 aromatic rings. The van der Waals surface area contributed by atoms with Gasteiger partial charge in [-0.25, -0.2) is 0 Å². The Balaban J connectivity index is 4.28. The molecule has 0 saturated heterocycles. The average Bonchev–Trinajstić information content (AvgIpc) is 2.41. The first-order valence-electron chi connectivity index (χ1n) is 6.37. The number of hydrogen-bond donors (Lipinski definition) is 0. The molecular weight excluding hydrogens is 252 g/mol. The quantitative estimate of drug-likeness (QED) is 0.577. The maximum absolute atomic E-state index is 6.17. The summed E-state index contributed by atoms with van der Waals surface area (Å²) in [6.07, 6.45) is 0. The van der Waals surface area contributed by atoms with Crippen molar-refractivity contribution in [1.82, 2.24) is 0 Å². The third kappa shape index (κ3) is 4.80. The summed E-state index contributed by atoms with van der Waals surface area (Å²) in [5, 5.41) is 0. The zero-order chi connectivity index (χ0) is 13.4. The summed E-state index contributed by atoms with van der Waals surface area (Å²) in [6.45, 7) is 7.37. The van der Waals surface area contributed by atoms with E-state index < -0.39 is 17.1 Å². The molecule has 0 aromatic heterocycles. The highest BCUT2D eigenvalue weighted by Crippen LogP contribution is 2.23. The van der Waals surface area contributed by atoms with E-state index in [1.165, 1.54) is 18.1 Å². The fourth-order valence-electron chi connectivity index (χ4n) is 2.00. The van der Waals surface area contributed by atoms with E-state index in [4.69, 9.17) is 17.7 Å². The highest BCUT2D eigenvalue weighted by Gasteiger charge is 2.38. The summed E-state index contributed by atoms with van der Waals surface area (Å²) < 4.78 is 22.3. The lowest BCUT2D eigenvalue weighted by molar-refractivity contribution is 0.117. The third-order valence-electron chi connectivity index (χ3n) is 3.68. The van der Waals surface area contributed by atoms with Crippen molar-refractivity contribution in [2.24, 2.45) is 0 Å². The fourth-order valence-corrected chi connectivity index (χ4v) is 6.32. The minimum atomic E-state index is -2.46. The molecule has 0 atom stereocenters. The Bertz CT molecular complexity index is 157. The molecule has 0 heterocycles. The molecule has 0 aliphatic heterocycles. The Morgan fingerprint density at radius 3 is 1.47 bits per heavy atom. The van der Waals surface area contributed by atoms with Crippen LogP contribution < -0.4 is 0 Å². The maximum Gasteiger partial charge on any atom is 0.502 e. The third-order valence-corrected chi connectivity index (χ3v) is 11.0. The molecule has 0 unspecified atom stereocenters. The predicted molar refractivity (Wildman–Crippen MR) is 74.7 cm³/mol. The molecule has 17 heavy (non-hydrogen) atoms. The van der Waals surface area contributed by atoms with Crippen LogP contribution in [0.5, 0.6) is 0 Å². The minimum Gasteiger partial charge on any atom is -0.417 e. The van der Waals surface area contributed by atoms with Gasteiger partial charge in [0.2, 0.25) is 0 Å².